The maximum atomic E-state index is 11.3. The lowest BCUT2D eigenvalue weighted by Gasteiger charge is -2.22. The maximum Gasteiger partial charge on any atom is 0.305 e. The first-order chi connectivity index (χ1) is 7.22. The van der Waals surface area contributed by atoms with Crippen molar-refractivity contribution < 1.29 is 14.3 Å². The van der Waals surface area contributed by atoms with E-state index in [4.69, 9.17) is 9.47 Å². The number of methoxy groups -OCH3 is 2. The molecular weight excluding hydrogens is 192 g/mol. The van der Waals surface area contributed by atoms with Gasteiger partial charge in [-0.3, -0.25) is 4.79 Å². The Kier molecular flexibility index (Phi) is 4.82. The lowest BCUT2D eigenvalue weighted by atomic mass is 9.89. The van der Waals surface area contributed by atoms with Crippen LogP contribution in [0, 0.1) is 11.8 Å². The van der Waals surface area contributed by atoms with Crippen LogP contribution in [0.15, 0.2) is 12.7 Å². The summed E-state index contributed by atoms with van der Waals surface area (Å²) in [7, 11) is 3.15. The van der Waals surface area contributed by atoms with Gasteiger partial charge in [-0.25, -0.2) is 0 Å². The second kappa shape index (κ2) is 5.91. The summed E-state index contributed by atoms with van der Waals surface area (Å²) in [6.45, 7) is 3.75. The van der Waals surface area contributed by atoms with Gasteiger partial charge in [0.25, 0.3) is 0 Å². The monoisotopic (exact) mass is 212 g/mol. The Bertz CT molecular complexity index is 225. The second-order valence-electron chi connectivity index (χ2n) is 4.08. The fourth-order valence-corrected chi connectivity index (χ4v) is 2.48. The van der Waals surface area contributed by atoms with Gasteiger partial charge in [0, 0.05) is 7.11 Å². The van der Waals surface area contributed by atoms with E-state index in [1.807, 2.05) is 6.08 Å². The molecule has 0 saturated heterocycles. The van der Waals surface area contributed by atoms with Gasteiger partial charge in [0.1, 0.15) is 0 Å². The van der Waals surface area contributed by atoms with Crippen LogP contribution >= 0.6 is 0 Å². The number of hydrogen-bond acceptors (Lipinski definition) is 3. The zero-order chi connectivity index (χ0) is 11.3. The van der Waals surface area contributed by atoms with Crippen LogP contribution in [0.2, 0.25) is 0 Å². The minimum atomic E-state index is -0.141. The van der Waals surface area contributed by atoms with Gasteiger partial charge in [-0.05, 0) is 31.1 Å². The molecule has 0 unspecified atom stereocenters. The first-order valence-electron chi connectivity index (χ1n) is 5.43. The Balaban J connectivity index is 2.58. The van der Waals surface area contributed by atoms with Crippen molar-refractivity contribution in [2.45, 2.75) is 31.8 Å². The van der Waals surface area contributed by atoms with E-state index in [2.05, 4.69) is 6.58 Å². The Morgan fingerprint density at radius 2 is 2.20 bits per heavy atom. The van der Waals surface area contributed by atoms with E-state index >= 15 is 0 Å². The molecule has 0 heterocycles. The van der Waals surface area contributed by atoms with Crippen molar-refractivity contribution in [3.63, 3.8) is 0 Å². The molecular formula is C12H20O3. The van der Waals surface area contributed by atoms with Gasteiger partial charge in [-0.15, -0.1) is 6.58 Å². The molecule has 0 aromatic rings. The molecule has 1 aliphatic rings. The number of rotatable bonds is 5. The van der Waals surface area contributed by atoms with E-state index in [9.17, 15) is 4.79 Å². The highest BCUT2D eigenvalue weighted by Crippen LogP contribution is 2.38. The Morgan fingerprint density at radius 1 is 1.47 bits per heavy atom. The van der Waals surface area contributed by atoms with Gasteiger partial charge in [0.15, 0.2) is 0 Å². The number of carbonyl (C=O) groups is 1. The highest BCUT2D eigenvalue weighted by Gasteiger charge is 2.36. The quantitative estimate of drug-likeness (QED) is 0.517. The van der Waals surface area contributed by atoms with Crippen LogP contribution in [0.25, 0.3) is 0 Å². The third-order valence-electron chi connectivity index (χ3n) is 3.31. The van der Waals surface area contributed by atoms with Crippen LogP contribution in [-0.2, 0) is 14.3 Å². The standard InChI is InChI=1S/C12H20O3/c1-4-5-9-6-7-11(14-2)10(9)8-12(13)15-3/h4,9-11H,1,5-8H2,2-3H3/t9-,10+,11+/m0/s1. The highest BCUT2D eigenvalue weighted by atomic mass is 16.5. The molecule has 3 atom stereocenters. The summed E-state index contributed by atoms with van der Waals surface area (Å²) in [6.07, 6.45) is 5.71. The average Bonchev–Trinajstić information content (AvgIpc) is 2.61. The summed E-state index contributed by atoms with van der Waals surface area (Å²) in [5.41, 5.74) is 0. The van der Waals surface area contributed by atoms with Crippen LogP contribution in [0.1, 0.15) is 25.7 Å². The van der Waals surface area contributed by atoms with E-state index in [1.54, 1.807) is 7.11 Å². The summed E-state index contributed by atoms with van der Waals surface area (Å²) in [5.74, 6) is 0.671. The molecule has 0 radical (unpaired) electrons. The van der Waals surface area contributed by atoms with Crippen LogP contribution in [0.4, 0.5) is 0 Å². The molecule has 0 aromatic heterocycles. The largest absolute Gasteiger partial charge is 0.469 e. The fourth-order valence-electron chi connectivity index (χ4n) is 2.48. The zero-order valence-corrected chi connectivity index (χ0v) is 9.57. The van der Waals surface area contributed by atoms with Crippen molar-refractivity contribution >= 4 is 5.97 Å². The van der Waals surface area contributed by atoms with Crippen molar-refractivity contribution in [2.24, 2.45) is 11.8 Å². The predicted molar refractivity (Wildman–Crippen MR) is 58.5 cm³/mol. The van der Waals surface area contributed by atoms with Crippen LogP contribution in [0.3, 0.4) is 0 Å². The zero-order valence-electron chi connectivity index (χ0n) is 9.57. The molecule has 0 aromatic carbocycles. The van der Waals surface area contributed by atoms with Crippen LogP contribution in [-0.4, -0.2) is 26.3 Å². The molecule has 1 aliphatic carbocycles. The van der Waals surface area contributed by atoms with E-state index in [-0.39, 0.29) is 12.1 Å². The SMILES string of the molecule is C=CC[C@H]1CC[C@@H](OC)[C@@H]1CC(=O)OC. The minimum Gasteiger partial charge on any atom is -0.469 e. The van der Waals surface area contributed by atoms with Crippen molar-refractivity contribution in [3.05, 3.63) is 12.7 Å². The highest BCUT2D eigenvalue weighted by molar-refractivity contribution is 5.69. The molecule has 0 bridgehead atoms. The van der Waals surface area contributed by atoms with Gasteiger partial charge in [-0.2, -0.15) is 0 Å². The summed E-state index contributed by atoms with van der Waals surface area (Å²) >= 11 is 0. The van der Waals surface area contributed by atoms with Gasteiger partial charge in [-0.1, -0.05) is 6.08 Å². The lowest BCUT2D eigenvalue weighted by molar-refractivity contribution is -0.143. The summed E-state index contributed by atoms with van der Waals surface area (Å²) in [6, 6.07) is 0. The van der Waals surface area contributed by atoms with Crippen molar-refractivity contribution in [1.29, 1.82) is 0 Å². The smallest absolute Gasteiger partial charge is 0.305 e. The number of carbonyl (C=O) groups excluding carboxylic acids is 1. The van der Waals surface area contributed by atoms with Crippen molar-refractivity contribution in [1.82, 2.24) is 0 Å². The number of hydrogen-bond donors (Lipinski definition) is 0. The molecule has 0 aliphatic heterocycles. The van der Waals surface area contributed by atoms with Gasteiger partial charge in [0.2, 0.25) is 0 Å². The molecule has 3 nitrogen and oxygen atoms in total. The first-order valence-corrected chi connectivity index (χ1v) is 5.43. The molecule has 0 amide bonds. The van der Waals surface area contributed by atoms with E-state index < -0.39 is 0 Å². The second-order valence-corrected chi connectivity index (χ2v) is 4.08. The number of esters is 1. The third-order valence-corrected chi connectivity index (χ3v) is 3.31. The Labute approximate surface area is 91.4 Å². The molecule has 15 heavy (non-hydrogen) atoms. The number of ether oxygens (including phenoxy) is 2. The number of allylic oxidation sites excluding steroid dienone is 1. The summed E-state index contributed by atoms with van der Waals surface area (Å²) in [4.78, 5) is 11.3. The molecule has 1 saturated carbocycles. The van der Waals surface area contributed by atoms with Crippen molar-refractivity contribution in [2.75, 3.05) is 14.2 Å². The molecule has 86 valence electrons. The summed E-state index contributed by atoms with van der Waals surface area (Å²) in [5, 5.41) is 0. The molecule has 3 heteroatoms. The van der Waals surface area contributed by atoms with Gasteiger partial charge < -0.3 is 9.47 Å². The predicted octanol–water partition coefficient (Wildman–Crippen LogP) is 2.17. The molecule has 1 rings (SSSR count). The average molecular weight is 212 g/mol. The Hall–Kier alpha value is -0.830. The molecule has 0 N–H and O–H groups in total. The molecule has 1 fully saturated rings. The van der Waals surface area contributed by atoms with E-state index in [0.29, 0.717) is 18.3 Å². The van der Waals surface area contributed by atoms with E-state index in [0.717, 1.165) is 19.3 Å². The van der Waals surface area contributed by atoms with E-state index in [1.165, 1.54) is 7.11 Å². The van der Waals surface area contributed by atoms with Gasteiger partial charge >= 0.3 is 5.97 Å². The molecule has 0 spiro atoms. The van der Waals surface area contributed by atoms with Crippen LogP contribution in [0.5, 0.6) is 0 Å². The Morgan fingerprint density at radius 3 is 2.73 bits per heavy atom. The normalized spacial score (nSPS) is 30.1. The van der Waals surface area contributed by atoms with Crippen LogP contribution < -0.4 is 0 Å². The lowest BCUT2D eigenvalue weighted by Crippen LogP contribution is -2.24. The summed E-state index contributed by atoms with van der Waals surface area (Å²) < 4.78 is 10.1. The fraction of sp³-hybridized carbons (Fsp3) is 0.750. The minimum absolute atomic E-state index is 0.141. The third kappa shape index (κ3) is 3.06. The van der Waals surface area contributed by atoms with Gasteiger partial charge in [0.05, 0.1) is 19.6 Å². The topological polar surface area (TPSA) is 35.5 Å². The maximum absolute atomic E-state index is 11.3. The first kappa shape index (κ1) is 12.2. The van der Waals surface area contributed by atoms with Crippen molar-refractivity contribution in [3.8, 4) is 0 Å².